The average Bonchev–Trinajstić information content (AvgIpc) is 1.86. The zero-order valence-electron chi connectivity index (χ0n) is 7.16. The molecule has 0 aliphatic rings. The molecule has 64 valence electrons. The molecule has 0 radical (unpaired) electrons. The minimum Gasteiger partial charge on any atom is -0.323 e. The number of hydrazone groups is 1. The molecule has 1 amide bonds. The highest BCUT2D eigenvalue weighted by molar-refractivity contribution is 5.78. The normalized spacial score (nSPS) is 13.9. The minimum atomic E-state index is -0.123. The van der Waals surface area contributed by atoms with Crippen molar-refractivity contribution in [2.45, 2.75) is 26.8 Å². The van der Waals surface area contributed by atoms with Crippen molar-refractivity contribution in [2.24, 2.45) is 16.8 Å². The Morgan fingerprint density at radius 1 is 1.55 bits per heavy atom. The molecule has 0 saturated carbocycles. The topological polar surface area (TPSA) is 67.5 Å². The number of hydrogen-bond donors (Lipinski definition) is 2. The van der Waals surface area contributed by atoms with Gasteiger partial charge in [-0.2, -0.15) is 5.10 Å². The molecule has 0 aliphatic heterocycles. The first-order valence-corrected chi connectivity index (χ1v) is 3.62. The Morgan fingerprint density at radius 2 is 2.09 bits per heavy atom. The number of nitrogens with two attached hydrogens (primary N) is 1. The second-order valence-electron chi connectivity index (χ2n) is 2.77. The predicted octanol–water partition coefficient (Wildman–Crippen LogP) is 0.0916. The molecular formula is C7H15N3O. The van der Waals surface area contributed by atoms with Crippen LogP contribution in [-0.4, -0.2) is 18.2 Å². The highest BCUT2D eigenvalue weighted by Crippen LogP contribution is 1.89. The van der Waals surface area contributed by atoms with Crippen LogP contribution in [0.15, 0.2) is 5.10 Å². The number of amides is 1. The third kappa shape index (κ3) is 5.54. The lowest BCUT2D eigenvalue weighted by Crippen LogP contribution is -2.25. The minimum absolute atomic E-state index is 0.0415. The van der Waals surface area contributed by atoms with Crippen LogP contribution in [-0.2, 0) is 4.79 Å². The van der Waals surface area contributed by atoms with E-state index < -0.39 is 0 Å². The van der Waals surface area contributed by atoms with Crippen LogP contribution in [0.5, 0.6) is 0 Å². The van der Waals surface area contributed by atoms with Crippen molar-refractivity contribution >= 4 is 12.1 Å². The van der Waals surface area contributed by atoms with Crippen molar-refractivity contribution in [1.29, 1.82) is 0 Å². The summed E-state index contributed by atoms with van der Waals surface area (Å²) < 4.78 is 0. The van der Waals surface area contributed by atoms with Crippen molar-refractivity contribution in [2.75, 3.05) is 0 Å². The van der Waals surface area contributed by atoms with Crippen LogP contribution in [0.4, 0.5) is 0 Å². The van der Waals surface area contributed by atoms with E-state index in [1.807, 2.05) is 0 Å². The third-order valence-electron chi connectivity index (χ3n) is 1.01. The van der Waals surface area contributed by atoms with Crippen molar-refractivity contribution in [1.82, 2.24) is 5.43 Å². The summed E-state index contributed by atoms with van der Waals surface area (Å²) in [5.41, 5.74) is 7.72. The van der Waals surface area contributed by atoms with E-state index in [1.165, 1.54) is 6.21 Å². The van der Waals surface area contributed by atoms with Crippen LogP contribution in [0.25, 0.3) is 0 Å². The molecule has 0 aromatic carbocycles. The Bertz CT molecular complexity index is 152. The van der Waals surface area contributed by atoms with E-state index in [2.05, 4.69) is 10.5 Å². The zero-order chi connectivity index (χ0) is 8.85. The van der Waals surface area contributed by atoms with Crippen LogP contribution in [0.1, 0.15) is 20.8 Å². The Morgan fingerprint density at radius 3 is 2.45 bits per heavy atom. The number of rotatable bonds is 3. The molecule has 11 heavy (non-hydrogen) atoms. The maximum atomic E-state index is 10.9. The molecule has 0 heterocycles. The fraction of sp³-hybridized carbons (Fsp3) is 0.714. The van der Waals surface area contributed by atoms with Gasteiger partial charge in [0, 0.05) is 18.2 Å². The summed E-state index contributed by atoms with van der Waals surface area (Å²) in [5, 5.41) is 3.64. The van der Waals surface area contributed by atoms with Gasteiger partial charge < -0.3 is 5.73 Å². The summed E-state index contributed by atoms with van der Waals surface area (Å²) in [6.07, 6.45) is 1.49. The molecule has 1 atom stereocenters. The van der Waals surface area contributed by atoms with E-state index in [1.54, 1.807) is 20.8 Å². The summed E-state index contributed by atoms with van der Waals surface area (Å²) >= 11 is 0. The molecule has 0 aromatic heterocycles. The van der Waals surface area contributed by atoms with Gasteiger partial charge in [0.2, 0.25) is 5.91 Å². The summed E-state index contributed by atoms with van der Waals surface area (Å²) in [6, 6.07) is -0.123. The first-order chi connectivity index (χ1) is 5.04. The van der Waals surface area contributed by atoms with E-state index in [-0.39, 0.29) is 17.9 Å². The molecule has 3 N–H and O–H groups in total. The van der Waals surface area contributed by atoms with E-state index in [9.17, 15) is 4.79 Å². The van der Waals surface area contributed by atoms with Crippen molar-refractivity contribution in [3.05, 3.63) is 0 Å². The molecule has 4 nitrogen and oxygen atoms in total. The second-order valence-corrected chi connectivity index (χ2v) is 2.77. The number of nitrogens with one attached hydrogen (secondary N) is 1. The molecule has 1 unspecified atom stereocenters. The van der Waals surface area contributed by atoms with Crippen LogP contribution < -0.4 is 11.2 Å². The molecule has 0 bridgehead atoms. The van der Waals surface area contributed by atoms with Gasteiger partial charge in [0.15, 0.2) is 0 Å². The zero-order valence-corrected chi connectivity index (χ0v) is 7.16. The lowest BCUT2D eigenvalue weighted by Gasteiger charge is -2.01. The standard InChI is InChI=1S/C7H15N3O/c1-5(2)7(11)10-9-4-6(3)8/h4-6H,8H2,1-3H3,(H,10,11). The van der Waals surface area contributed by atoms with Gasteiger partial charge in [0.25, 0.3) is 0 Å². The second kappa shape index (κ2) is 4.85. The summed E-state index contributed by atoms with van der Waals surface area (Å²) in [5.74, 6) is -0.137. The van der Waals surface area contributed by atoms with Gasteiger partial charge >= 0.3 is 0 Å². The monoisotopic (exact) mass is 157 g/mol. The van der Waals surface area contributed by atoms with E-state index in [0.717, 1.165) is 0 Å². The maximum absolute atomic E-state index is 10.9. The number of hydrogen-bond acceptors (Lipinski definition) is 3. The highest BCUT2D eigenvalue weighted by Gasteiger charge is 2.03. The van der Waals surface area contributed by atoms with Gasteiger partial charge in [-0.05, 0) is 6.92 Å². The molecule has 0 rings (SSSR count). The smallest absolute Gasteiger partial charge is 0.242 e. The molecule has 0 aliphatic carbocycles. The molecule has 0 spiro atoms. The van der Waals surface area contributed by atoms with Gasteiger partial charge in [-0.15, -0.1) is 0 Å². The van der Waals surface area contributed by atoms with E-state index in [0.29, 0.717) is 0 Å². The van der Waals surface area contributed by atoms with Crippen molar-refractivity contribution in [3.63, 3.8) is 0 Å². The van der Waals surface area contributed by atoms with Crippen LogP contribution >= 0.6 is 0 Å². The van der Waals surface area contributed by atoms with Gasteiger partial charge in [0.1, 0.15) is 0 Å². The first kappa shape index (κ1) is 10.1. The largest absolute Gasteiger partial charge is 0.323 e. The Labute approximate surface area is 66.8 Å². The Hall–Kier alpha value is -0.900. The van der Waals surface area contributed by atoms with Gasteiger partial charge in [0.05, 0.1) is 0 Å². The highest BCUT2D eigenvalue weighted by atomic mass is 16.2. The molecule has 0 saturated heterocycles. The lowest BCUT2D eigenvalue weighted by atomic mass is 10.2. The Balaban J connectivity index is 3.62. The quantitative estimate of drug-likeness (QED) is 0.450. The fourth-order valence-corrected chi connectivity index (χ4v) is 0.348. The summed E-state index contributed by atoms with van der Waals surface area (Å²) in [6.45, 7) is 5.39. The Kier molecular flexibility index (Phi) is 4.45. The fourth-order valence-electron chi connectivity index (χ4n) is 0.348. The molecular weight excluding hydrogens is 142 g/mol. The number of carbonyl (C=O) groups excluding carboxylic acids is 1. The van der Waals surface area contributed by atoms with Crippen molar-refractivity contribution in [3.8, 4) is 0 Å². The third-order valence-corrected chi connectivity index (χ3v) is 1.01. The number of carbonyl (C=O) groups is 1. The van der Waals surface area contributed by atoms with Gasteiger partial charge in [-0.3, -0.25) is 4.79 Å². The molecule has 4 heteroatoms. The van der Waals surface area contributed by atoms with Gasteiger partial charge in [-0.1, -0.05) is 13.8 Å². The van der Waals surface area contributed by atoms with Crippen molar-refractivity contribution < 1.29 is 4.79 Å². The maximum Gasteiger partial charge on any atom is 0.242 e. The van der Waals surface area contributed by atoms with Crippen LogP contribution in [0.2, 0.25) is 0 Å². The SMILES string of the molecule is CC(N)C=NNC(=O)C(C)C. The van der Waals surface area contributed by atoms with Crippen LogP contribution in [0, 0.1) is 5.92 Å². The van der Waals surface area contributed by atoms with Crippen LogP contribution in [0.3, 0.4) is 0 Å². The molecule has 0 aromatic rings. The average molecular weight is 157 g/mol. The van der Waals surface area contributed by atoms with E-state index in [4.69, 9.17) is 5.73 Å². The molecule has 0 fully saturated rings. The first-order valence-electron chi connectivity index (χ1n) is 3.62. The lowest BCUT2D eigenvalue weighted by molar-refractivity contribution is -0.123. The van der Waals surface area contributed by atoms with Gasteiger partial charge in [-0.25, -0.2) is 5.43 Å². The summed E-state index contributed by atoms with van der Waals surface area (Å²) in [4.78, 5) is 10.9. The number of nitrogens with zero attached hydrogens (tertiary/aromatic N) is 1. The van der Waals surface area contributed by atoms with E-state index >= 15 is 0 Å². The summed E-state index contributed by atoms with van der Waals surface area (Å²) in [7, 11) is 0. The predicted molar refractivity (Wildman–Crippen MR) is 45.1 cm³/mol.